The number of benzene rings is 1. The number of aliphatic imine (C=N–C) groups is 1. The molecule has 0 aliphatic carbocycles. The van der Waals surface area contributed by atoms with Gasteiger partial charge in [0.05, 0.1) is 17.6 Å². The Balaban J connectivity index is 0.00000232. The van der Waals surface area contributed by atoms with Crippen molar-refractivity contribution in [2.45, 2.75) is 47.7 Å². The number of aromatic nitrogens is 1. The van der Waals surface area contributed by atoms with Crippen molar-refractivity contribution in [1.29, 1.82) is 0 Å². The summed E-state index contributed by atoms with van der Waals surface area (Å²) in [6, 6.07) is 12.2. The van der Waals surface area contributed by atoms with E-state index in [1.807, 2.05) is 45.6 Å². The molecule has 2 aromatic rings. The Hall–Kier alpha value is -4.74. The van der Waals surface area contributed by atoms with Gasteiger partial charge in [0.25, 0.3) is 5.91 Å². The van der Waals surface area contributed by atoms with Gasteiger partial charge in [0.2, 0.25) is 0 Å². The van der Waals surface area contributed by atoms with Gasteiger partial charge in [-0.2, -0.15) is 10.1 Å². The van der Waals surface area contributed by atoms with Gasteiger partial charge >= 0.3 is 12.1 Å². The largest absolute Gasteiger partial charge is 0.454 e. The highest BCUT2D eigenvalue weighted by molar-refractivity contribution is 5.93. The van der Waals surface area contributed by atoms with Crippen LogP contribution < -0.4 is 20.4 Å². The van der Waals surface area contributed by atoms with Crippen LogP contribution in [0.5, 0.6) is 5.75 Å². The molecule has 0 radical (unpaired) electrons. The number of alkyl halides is 1. The molecule has 0 spiro atoms. The first-order chi connectivity index (χ1) is 20.8. The lowest BCUT2D eigenvalue weighted by atomic mass is 10.3. The van der Waals surface area contributed by atoms with Crippen molar-refractivity contribution in [1.82, 2.24) is 15.3 Å². The third-order valence-corrected chi connectivity index (χ3v) is 5.06. The first kappa shape index (κ1) is 38.3. The smallest absolute Gasteiger partial charge is 0.415 e. The molecule has 2 N–H and O–H groups in total. The Labute approximate surface area is 255 Å². The molecule has 236 valence electrons. The summed E-state index contributed by atoms with van der Waals surface area (Å²) in [6.45, 7) is 23.0. The lowest BCUT2D eigenvalue weighted by molar-refractivity contribution is -0.118. The number of hydrogen-bond donors (Lipinski definition) is 2. The second-order valence-electron chi connectivity index (χ2n) is 8.10. The van der Waals surface area contributed by atoms with E-state index in [1.165, 1.54) is 13.1 Å². The number of pyridine rings is 1. The Morgan fingerprint density at radius 1 is 1.09 bits per heavy atom. The summed E-state index contributed by atoms with van der Waals surface area (Å²) in [7, 11) is 0. The summed E-state index contributed by atoms with van der Waals surface area (Å²) in [4.78, 5) is 36.4. The maximum Gasteiger partial charge on any atom is 0.415 e. The molecule has 1 unspecified atom stereocenters. The lowest BCUT2D eigenvalue weighted by Crippen LogP contribution is -2.49. The predicted octanol–water partition coefficient (Wildman–Crippen LogP) is 6.04. The number of nitrogens with one attached hydrogen (secondary N) is 2. The van der Waals surface area contributed by atoms with Crippen molar-refractivity contribution < 1.29 is 23.5 Å². The first-order valence-electron chi connectivity index (χ1n) is 14.1. The molecule has 1 atom stereocenters. The number of nitrogens with zero attached hydrogens (tertiary/aromatic N) is 5. The minimum absolute atomic E-state index is 0.0877. The molecule has 1 fully saturated rings. The molecule has 43 heavy (non-hydrogen) atoms. The molecule has 0 saturated carbocycles. The molecule has 1 aromatic heterocycles. The van der Waals surface area contributed by atoms with E-state index < -0.39 is 18.7 Å². The summed E-state index contributed by atoms with van der Waals surface area (Å²) >= 11 is 0. The molecule has 0 bridgehead atoms. The van der Waals surface area contributed by atoms with Crippen LogP contribution in [-0.2, 0) is 9.53 Å². The summed E-state index contributed by atoms with van der Waals surface area (Å²) in [5.41, 5.74) is 2.71. The SMILES string of the molecule is C=CC.C=NNC(=NC(=C)C(C)F)OCC(=O)Nc1ccc(N2CCN(C(=O)Oc3ccccc3)CC2)nc1.CC.CC. The number of rotatable bonds is 8. The Morgan fingerprint density at radius 3 is 2.21 bits per heavy atom. The van der Waals surface area contributed by atoms with Crippen LogP contribution in [0.1, 0.15) is 41.5 Å². The minimum atomic E-state index is -1.39. The average molecular weight is 600 g/mol. The van der Waals surface area contributed by atoms with Crippen molar-refractivity contribution in [2.24, 2.45) is 10.1 Å². The topological polar surface area (TPSA) is 121 Å². The molecular formula is C31H46FN7O4. The average Bonchev–Trinajstić information content (AvgIpc) is 3.03. The van der Waals surface area contributed by atoms with Gasteiger partial charge in [-0.05, 0) is 38.1 Å². The number of amides is 2. The van der Waals surface area contributed by atoms with E-state index in [1.54, 1.807) is 47.4 Å². The van der Waals surface area contributed by atoms with Gasteiger partial charge in [-0.25, -0.2) is 19.6 Å². The Bertz CT molecular complexity index is 1130. The summed E-state index contributed by atoms with van der Waals surface area (Å²) in [5.74, 6) is 0.744. The van der Waals surface area contributed by atoms with Gasteiger partial charge < -0.3 is 24.6 Å². The Kier molecular flexibility index (Phi) is 20.4. The fourth-order valence-electron chi connectivity index (χ4n) is 3.13. The zero-order valence-electron chi connectivity index (χ0n) is 26.2. The monoisotopic (exact) mass is 599 g/mol. The van der Waals surface area contributed by atoms with Crippen molar-refractivity contribution in [3.8, 4) is 5.75 Å². The highest BCUT2D eigenvalue weighted by Gasteiger charge is 2.23. The number of para-hydroxylation sites is 1. The fourth-order valence-corrected chi connectivity index (χ4v) is 3.13. The van der Waals surface area contributed by atoms with Crippen molar-refractivity contribution in [3.05, 3.63) is 73.6 Å². The van der Waals surface area contributed by atoms with Gasteiger partial charge in [0.1, 0.15) is 17.7 Å². The zero-order valence-corrected chi connectivity index (χ0v) is 26.2. The molecule has 1 aliphatic heterocycles. The van der Waals surface area contributed by atoms with E-state index in [0.29, 0.717) is 37.6 Å². The number of hydrazone groups is 1. The number of hydrogen-bond acceptors (Lipinski definition) is 8. The predicted molar refractivity (Wildman–Crippen MR) is 173 cm³/mol. The normalized spacial score (nSPS) is 12.7. The fraction of sp³-hybridized carbons (Fsp3) is 0.387. The number of carbonyl (C=O) groups excluding carboxylic acids is 2. The van der Waals surface area contributed by atoms with Crippen LogP contribution in [-0.4, -0.2) is 73.6 Å². The highest BCUT2D eigenvalue weighted by atomic mass is 19.1. The van der Waals surface area contributed by atoms with Gasteiger partial charge in [-0.1, -0.05) is 58.5 Å². The van der Waals surface area contributed by atoms with Gasteiger partial charge in [-0.15, -0.1) is 6.58 Å². The molecular weight excluding hydrogens is 553 g/mol. The highest BCUT2D eigenvalue weighted by Crippen LogP contribution is 2.17. The van der Waals surface area contributed by atoms with Crippen LogP contribution >= 0.6 is 0 Å². The number of allylic oxidation sites excluding steroid dienone is 2. The molecule has 1 saturated heterocycles. The van der Waals surface area contributed by atoms with Gasteiger partial charge in [-0.3, -0.25) is 4.79 Å². The third-order valence-electron chi connectivity index (χ3n) is 5.06. The minimum Gasteiger partial charge on any atom is -0.454 e. The molecule has 1 aromatic carbocycles. The van der Waals surface area contributed by atoms with Crippen LogP contribution in [0.25, 0.3) is 0 Å². The van der Waals surface area contributed by atoms with Crippen LogP contribution in [0.3, 0.4) is 0 Å². The summed E-state index contributed by atoms with van der Waals surface area (Å²) < 4.78 is 23.8. The first-order valence-corrected chi connectivity index (χ1v) is 14.1. The molecule has 12 heteroatoms. The van der Waals surface area contributed by atoms with Gasteiger partial charge in [0, 0.05) is 32.9 Å². The number of amidine groups is 1. The molecule has 1 aliphatic rings. The molecule has 2 heterocycles. The number of ether oxygens (including phenoxy) is 2. The van der Waals surface area contributed by atoms with E-state index >= 15 is 0 Å². The van der Waals surface area contributed by atoms with Crippen molar-refractivity contribution >= 4 is 36.2 Å². The number of piperazine rings is 1. The van der Waals surface area contributed by atoms with Crippen LogP contribution in [0.15, 0.2) is 83.7 Å². The number of anilines is 2. The summed E-state index contributed by atoms with van der Waals surface area (Å²) in [6.07, 6.45) is 1.50. The molecule has 3 rings (SSSR count). The number of carbonyl (C=O) groups is 2. The van der Waals surface area contributed by atoms with E-state index in [-0.39, 0.29) is 17.8 Å². The number of halogens is 1. The summed E-state index contributed by atoms with van der Waals surface area (Å²) in [5, 5.41) is 6.05. The van der Waals surface area contributed by atoms with Crippen molar-refractivity contribution in [3.63, 3.8) is 0 Å². The van der Waals surface area contributed by atoms with E-state index in [9.17, 15) is 14.0 Å². The molecule has 2 amide bonds. The second-order valence-corrected chi connectivity index (χ2v) is 8.10. The van der Waals surface area contributed by atoms with E-state index in [2.05, 4.69) is 45.7 Å². The van der Waals surface area contributed by atoms with Crippen LogP contribution in [0.2, 0.25) is 0 Å². The third kappa shape index (κ3) is 15.2. The Morgan fingerprint density at radius 2 is 1.70 bits per heavy atom. The van der Waals surface area contributed by atoms with Crippen LogP contribution in [0.4, 0.5) is 20.7 Å². The van der Waals surface area contributed by atoms with E-state index in [0.717, 1.165) is 5.82 Å². The second kappa shape index (κ2) is 22.9. The molecule has 11 nitrogen and oxygen atoms in total. The maximum absolute atomic E-state index is 13.2. The standard InChI is InChI=1S/C24H28FN7O4.C3H6.2C2H6/c1-17(25)18(2)28-23(30-26-3)35-16-22(33)29-19-9-10-21(27-15-19)31-11-13-32(14-12-31)24(34)36-20-7-5-4-6-8-20;1-3-2;2*1-2/h4-10,15,17H,2-3,11-14,16H2,1H3,(H,28,30)(H,29,33);3H,1H2,2H3;2*1-2H3. The van der Waals surface area contributed by atoms with Crippen LogP contribution in [0, 0.1) is 0 Å². The van der Waals surface area contributed by atoms with Crippen molar-refractivity contribution in [2.75, 3.05) is 43.0 Å². The van der Waals surface area contributed by atoms with E-state index in [4.69, 9.17) is 9.47 Å². The maximum atomic E-state index is 13.2. The lowest BCUT2D eigenvalue weighted by Gasteiger charge is -2.34. The zero-order chi connectivity index (χ0) is 32.6. The quantitative estimate of drug-likeness (QED) is 0.164. The van der Waals surface area contributed by atoms with Gasteiger partial charge in [0.15, 0.2) is 6.61 Å².